The van der Waals surface area contributed by atoms with E-state index in [9.17, 15) is 14.7 Å². The van der Waals surface area contributed by atoms with E-state index in [0.717, 1.165) is 37.9 Å². The molecule has 2 amide bonds. The van der Waals surface area contributed by atoms with Gasteiger partial charge in [-0.3, -0.25) is 9.59 Å². The number of carbonyl (C=O) groups is 2. The molecule has 0 unspecified atom stereocenters. The molecule has 0 radical (unpaired) electrons. The van der Waals surface area contributed by atoms with E-state index in [4.69, 9.17) is 0 Å². The Labute approximate surface area is 129 Å². The van der Waals surface area contributed by atoms with Gasteiger partial charge in [0.15, 0.2) is 5.60 Å². The maximum absolute atomic E-state index is 12.2. The molecule has 1 aliphatic heterocycles. The molecule has 21 heavy (non-hydrogen) atoms. The van der Waals surface area contributed by atoms with Crippen molar-refractivity contribution in [1.29, 1.82) is 0 Å². The smallest absolute Gasteiger partial charge is 0.253 e. The molecule has 0 aromatic rings. The number of aliphatic hydroxyl groups is 1. The molecule has 3 fully saturated rings. The van der Waals surface area contributed by atoms with Crippen LogP contribution in [0.25, 0.3) is 0 Å². The average molecular weight is 312 g/mol. The highest BCUT2D eigenvalue weighted by Crippen LogP contribution is 2.30. The van der Waals surface area contributed by atoms with Crippen molar-refractivity contribution in [3.8, 4) is 0 Å². The third-order valence-corrected chi connectivity index (χ3v) is 5.90. The molecular formula is C15H24N2O3S. The summed E-state index contributed by atoms with van der Waals surface area (Å²) in [6, 6.07) is 0.416. The topological polar surface area (TPSA) is 78.4 Å². The highest BCUT2D eigenvalue weighted by atomic mass is 32.2. The van der Waals surface area contributed by atoms with E-state index in [1.165, 1.54) is 0 Å². The lowest BCUT2D eigenvalue weighted by Crippen LogP contribution is -2.52. The summed E-state index contributed by atoms with van der Waals surface area (Å²) in [6.07, 6.45) is 6.20. The van der Waals surface area contributed by atoms with E-state index in [0.29, 0.717) is 24.6 Å². The van der Waals surface area contributed by atoms with Crippen LogP contribution in [0.15, 0.2) is 0 Å². The molecule has 0 aromatic carbocycles. The normalized spacial score (nSPS) is 36.2. The predicted octanol–water partition coefficient (Wildman–Crippen LogP) is 0.808. The Bertz CT molecular complexity index is 419. The van der Waals surface area contributed by atoms with E-state index in [2.05, 4.69) is 10.6 Å². The third-order valence-electron chi connectivity index (χ3n) is 4.73. The van der Waals surface area contributed by atoms with E-state index >= 15 is 0 Å². The zero-order valence-electron chi connectivity index (χ0n) is 12.3. The number of hydrogen-bond donors (Lipinski definition) is 3. The number of hydrogen-bond acceptors (Lipinski definition) is 4. The Morgan fingerprint density at radius 2 is 1.90 bits per heavy atom. The lowest BCUT2D eigenvalue weighted by molar-refractivity contribution is -0.139. The molecule has 0 aromatic heterocycles. The fraction of sp³-hybridized carbons (Fsp3) is 0.867. The summed E-state index contributed by atoms with van der Waals surface area (Å²) in [5.74, 6) is 1.22. The zero-order valence-corrected chi connectivity index (χ0v) is 13.1. The van der Waals surface area contributed by atoms with Crippen molar-refractivity contribution in [3.05, 3.63) is 0 Å². The van der Waals surface area contributed by atoms with Crippen molar-refractivity contribution in [2.75, 3.05) is 11.5 Å². The minimum absolute atomic E-state index is 0.0113. The van der Waals surface area contributed by atoms with Crippen LogP contribution in [0.3, 0.4) is 0 Å². The van der Waals surface area contributed by atoms with Crippen molar-refractivity contribution in [1.82, 2.24) is 10.6 Å². The minimum atomic E-state index is -1.20. The molecule has 2 saturated carbocycles. The second-order valence-electron chi connectivity index (χ2n) is 6.65. The first-order valence-electron chi connectivity index (χ1n) is 7.98. The van der Waals surface area contributed by atoms with Gasteiger partial charge in [-0.25, -0.2) is 0 Å². The van der Waals surface area contributed by atoms with Gasteiger partial charge in [-0.15, -0.1) is 0 Å². The first-order chi connectivity index (χ1) is 10.1. The number of rotatable bonds is 4. The quantitative estimate of drug-likeness (QED) is 0.718. The summed E-state index contributed by atoms with van der Waals surface area (Å²) in [5, 5.41) is 16.3. The van der Waals surface area contributed by atoms with Gasteiger partial charge in [-0.2, -0.15) is 11.8 Å². The van der Waals surface area contributed by atoms with Crippen LogP contribution >= 0.6 is 11.8 Å². The second-order valence-corrected chi connectivity index (χ2v) is 7.76. The van der Waals surface area contributed by atoms with Crippen molar-refractivity contribution >= 4 is 23.6 Å². The number of thioether (sulfide) groups is 1. The molecule has 6 heteroatoms. The molecule has 1 saturated heterocycles. The van der Waals surface area contributed by atoms with Crippen LogP contribution in [0.4, 0.5) is 0 Å². The van der Waals surface area contributed by atoms with Crippen LogP contribution in [-0.2, 0) is 9.59 Å². The Morgan fingerprint density at radius 3 is 2.57 bits per heavy atom. The molecule has 118 valence electrons. The van der Waals surface area contributed by atoms with Gasteiger partial charge in [0.1, 0.15) is 0 Å². The molecular weight excluding hydrogens is 288 g/mol. The third kappa shape index (κ3) is 3.72. The summed E-state index contributed by atoms with van der Waals surface area (Å²) in [4.78, 5) is 24.3. The lowest BCUT2D eigenvalue weighted by atomic mass is 9.84. The van der Waals surface area contributed by atoms with Gasteiger partial charge in [-0.05, 0) is 44.3 Å². The molecule has 3 N–H and O–H groups in total. The van der Waals surface area contributed by atoms with Gasteiger partial charge in [0.2, 0.25) is 5.91 Å². The summed E-state index contributed by atoms with van der Waals surface area (Å²) in [6.45, 7) is 0. The Kier molecular flexibility index (Phi) is 4.45. The zero-order chi connectivity index (χ0) is 14.9. The fourth-order valence-corrected chi connectivity index (χ4v) is 4.40. The molecule has 0 bridgehead atoms. The molecule has 3 aliphatic rings. The molecule has 0 spiro atoms. The first kappa shape index (κ1) is 15.2. The van der Waals surface area contributed by atoms with Crippen molar-refractivity contribution in [2.45, 2.75) is 62.6 Å². The maximum Gasteiger partial charge on any atom is 0.253 e. The molecule has 3 rings (SSSR count). The Balaban J connectivity index is 1.50. The van der Waals surface area contributed by atoms with Crippen molar-refractivity contribution in [3.63, 3.8) is 0 Å². The van der Waals surface area contributed by atoms with Gasteiger partial charge in [-0.1, -0.05) is 6.42 Å². The average Bonchev–Trinajstić information content (AvgIpc) is 3.17. The van der Waals surface area contributed by atoms with Crippen molar-refractivity contribution < 1.29 is 14.7 Å². The first-order valence-corrected chi connectivity index (χ1v) is 9.14. The molecule has 3 atom stereocenters. The molecule has 1 heterocycles. The molecule has 5 nitrogen and oxygen atoms in total. The largest absolute Gasteiger partial charge is 0.379 e. The van der Waals surface area contributed by atoms with E-state index in [1.54, 1.807) is 11.8 Å². The second kappa shape index (κ2) is 6.16. The maximum atomic E-state index is 12.2. The van der Waals surface area contributed by atoms with Gasteiger partial charge in [0.05, 0.1) is 0 Å². The van der Waals surface area contributed by atoms with Crippen LogP contribution in [0.2, 0.25) is 0 Å². The highest BCUT2D eigenvalue weighted by molar-refractivity contribution is 7.99. The van der Waals surface area contributed by atoms with Gasteiger partial charge < -0.3 is 15.7 Å². The van der Waals surface area contributed by atoms with E-state index in [-0.39, 0.29) is 23.8 Å². The summed E-state index contributed by atoms with van der Waals surface area (Å²) in [5.41, 5.74) is -1.20. The van der Waals surface area contributed by atoms with Gasteiger partial charge in [0, 0.05) is 23.8 Å². The monoisotopic (exact) mass is 312 g/mol. The summed E-state index contributed by atoms with van der Waals surface area (Å²) < 4.78 is 0. The summed E-state index contributed by atoms with van der Waals surface area (Å²) >= 11 is 1.62. The molecule has 2 aliphatic carbocycles. The number of nitrogens with one attached hydrogen (secondary N) is 2. The van der Waals surface area contributed by atoms with Crippen LogP contribution in [0.5, 0.6) is 0 Å². The van der Waals surface area contributed by atoms with Crippen molar-refractivity contribution in [2.24, 2.45) is 5.92 Å². The van der Waals surface area contributed by atoms with Gasteiger partial charge in [0.25, 0.3) is 5.91 Å². The lowest BCUT2D eigenvalue weighted by Gasteiger charge is -2.31. The fourth-order valence-electron chi connectivity index (χ4n) is 3.16. The predicted molar refractivity (Wildman–Crippen MR) is 81.9 cm³/mol. The van der Waals surface area contributed by atoms with Crippen LogP contribution in [-0.4, -0.2) is 46.1 Å². The summed E-state index contributed by atoms with van der Waals surface area (Å²) in [7, 11) is 0. The Morgan fingerprint density at radius 1 is 1.10 bits per heavy atom. The van der Waals surface area contributed by atoms with Crippen LogP contribution in [0, 0.1) is 5.92 Å². The highest BCUT2D eigenvalue weighted by Gasteiger charge is 2.41. The number of carbonyl (C=O) groups excluding carboxylic acids is 2. The number of amides is 2. The Hall–Kier alpha value is -0.750. The van der Waals surface area contributed by atoms with E-state index < -0.39 is 5.60 Å². The standard InChI is InChI=1S/C15H24N2O3S/c18-13(16-11-4-5-11)10-2-1-3-12(8-10)17-14(19)15(20)6-7-21-9-15/h10-12,20H,1-9H2,(H,16,18)(H,17,19)/t10-,12+,15-/m1/s1. The van der Waals surface area contributed by atoms with Gasteiger partial charge >= 0.3 is 0 Å². The van der Waals surface area contributed by atoms with Crippen LogP contribution in [0.1, 0.15) is 44.9 Å². The minimum Gasteiger partial charge on any atom is -0.379 e. The SMILES string of the molecule is O=C(NC1CC1)[C@@H]1CCC[C@H](NC(=O)[C@@]2(O)CCSC2)C1. The van der Waals surface area contributed by atoms with E-state index in [1.807, 2.05) is 0 Å². The van der Waals surface area contributed by atoms with Crippen LogP contribution < -0.4 is 10.6 Å².